The highest BCUT2D eigenvalue weighted by Crippen LogP contribution is 2.15. The Morgan fingerprint density at radius 1 is 1.73 bits per heavy atom. The fourth-order valence-corrected chi connectivity index (χ4v) is 0.529. The van der Waals surface area contributed by atoms with Gasteiger partial charge in [-0.2, -0.15) is 10.3 Å². The number of aliphatic hydroxyl groups excluding tert-OH is 1. The molecule has 0 aliphatic carbocycles. The third-order valence-corrected chi connectivity index (χ3v) is 1.06. The quantitative estimate of drug-likeness (QED) is 0.342. The van der Waals surface area contributed by atoms with Crippen molar-refractivity contribution in [2.75, 3.05) is 19.8 Å². The van der Waals surface area contributed by atoms with Gasteiger partial charge in [0.15, 0.2) is 0 Å². The summed E-state index contributed by atoms with van der Waals surface area (Å²) in [7, 11) is 0. The van der Waals surface area contributed by atoms with Gasteiger partial charge >= 0.3 is 0 Å². The summed E-state index contributed by atoms with van der Waals surface area (Å²) >= 11 is 0. The van der Waals surface area contributed by atoms with E-state index in [1.165, 1.54) is 5.06 Å². The van der Waals surface area contributed by atoms with Crippen LogP contribution in [0.4, 0.5) is 0 Å². The normalized spacial score (nSPS) is 26.4. The summed E-state index contributed by atoms with van der Waals surface area (Å²) in [6.07, 6.45) is 0. The van der Waals surface area contributed by atoms with Crippen LogP contribution >= 0.6 is 0 Å². The van der Waals surface area contributed by atoms with Crippen LogP contribution in [0.15, 0.2) is 0 Å². The maximum Gasteiger partial charge on any atom is 0.137 e. The van der Waals surface area contributed by atoms with Crippen LogP contribution in [0.2, 0.25) is 0 Å². The summed E-state index contributed by atoms with van der Waals surface area (Å²) in [6, 6.07) is 1.94. The molecule has 4 N–H and O–H groups in total. The average molecular weight is 161 g/mol. The van der Waals surface area contributed by atoms with Gasteiger partial charge in [0, 0.05) is 0 Å². The molecule has 0 spiro atoms. The molecular formula is C5H11N3O3. The van der Waals surface area contributed by atoms with Crippen LogP contribution < -0.4 is 5.90 Å². The van der Waals surface area contributed by atoms with Gasteiger partial charge in [-0.1, -0.05) is 0 Å². The molecule has 0 aromatic heterocycles. The van der Waals surface area contributed by atoms with E-state index in [-0.39, 0.29) is 19.3 Å². The lowest BCUT2D eigenvalue weighted by Gasteiger charge is -1.97. The zero-order valence-corrected chi connectivity index (χ0v) is 5.97. The fraction of sp³-hybridized carbons (Fsp3) is 0.800. The summed E-state index contributed by atoms with van der Waals surface area (Å²) in [4.78, 5) is 4.87. The van der Waals surface area contributed by atoms with Gasteiger partial charge in [0.2, 0.25) is 0 Å². The Balaban J connectivity index is 0.000000461. The van der Waals surface area contributed by atoms with Gasteiger partial charge < -0.3 is 10.3 Å². The molecule has 0 aromatic rings. The van der Waals surface area contributed by atoms with Crippen molar-refractivity contribution in [3.8, 4) is 6.07 Å². The highest BCUT2D eigenvalue weighted by Gasteiger charge is 2.35. The molecule has 0 radical (unpaired) electrons. The van der Waals surface area contributed by atoms with Crippen molar-refractivity contribution in [1.29, 1.82) is 5.26 Å². The first kappa shape index (κ1) is 10.3. The standard InChI is InChI=1S/C5H8N2O2.H3NO/c6-3-5-4-7(5)9-2-1-8;1-2/h5,8H,1-2,4H2;2H,1H2. The molecule has 6 heteroatoms. The first-order valence-electron chi connectivity index (χ1n) is 3.04. The van der Waals surface area contributed by atoms with Gasteiger partial charge in [0.05, 0.1) is 25.8 Å². The number of nitrogens with two attached hydrogens (primary N) is 1. The Hall–Kier alpha value is -0.710. The van der Waals surface area contributed by atoms with Crippen LogP contribution in [-0.2, 0) is 4.84 Å². The molecule has 1 heterocycles. The highest BCUT2D eigenvalue weighted by atomic mass is 16.7. The van der Waals surface area contributed by atoms with Crippen LogP contribution in [0.1, 0.15) is 0 Å². The molecule has 2 atom stereocenters. The van der Waals surface area contributed by atoms with Crippen molar-refractivity contribution < 1.29 is 15.2 Å². The van der Waals surface area contributed by atoms with Gasteiger partial charge in [0.25, 0.3) is 0 Å². The van der Waals surface area contributed by atoms with E-state index >= 15 is 0 Å². The second-order valence-electron chi connectivity index (χ2n) is 1.80. The van der Waals surface area contributed by atoms with Crippen LogP contribution in [-0.4, -0.2) is 41.2 Å². The molecule has 1 aliphatic heterocycles. The lowest BCUT2D eigenvalue weighted by molar-refractivity contribution is -0.0823. The highest BCUT2D eigenvalue weighted by molar-refractivity contribution is 5.01. The third-order valence-electron chi connectivity index (χ3n) is 1.06. The average Bonchev–Trinajstić information content (AvgIpc) is 2.83. The van der Waals surface area contributed by atoms with E-state index < -0.39 is 0 Å². The topological polar surface area (TPSA) is 103 Å². The lowest BCUT2D eigenvalue weighted by Crippen LogP contribution is -2.06. The minimum atomic E-state index is -0.0726. The van der Waals surface area contributed by atoms with Gasteiger partial charge in [0.1, 0.15) is 6.04 Å². The second-order valence-corrected chi connectivity index (χ2v) is 1.80. The van der Waals surface area contributed by atoms with Crippen LogP contribution in [0.25, 0.3) is 0 Å². The first-order valence-corrected chi connectivity index (χ1v) is 3.04. The Kier molecular flexibility index (Phi) is 5.64. The predicted octanol–water partition coefficient (Wildman–Crippen LogP) is -1.55. The van der Waals surface area contributed by atoms with Crippen molar-refractivity contribution in [3.63, 3.8) is 0 Å². The molecule has 0 saturated carbocycles. The maximum atomic E-state index is 8.27. The Bertz CT molecular complexity index is 135. The zero-order chi connectivity index (χ0) is 8.69. The van der Waals surface area contributed by atoms with Crippen molar-refractivity contribution >= 4 is 0 Å². The lowest BCUT2D eigenvalue weighted by atomic mass is 10.6. The molecule has 2 unspecified atom stereocenters. The number of nitriles is 1. The molecule has 64 valence electrons. The van der Waals surface area contributed by atoms with Crippen molar-refractivity contribution in [3.05, 3.63) is 0 Å². The molecule has 0 amide bonds. The third kappa shape index (κ3) is 3.87. The molecule has 0 aromatic carbocycles. The van der Waals surface area contributed by atoms with E-state index in [1.54, 1.807) is 0 Å². The molecule has 1 rings (SSSR count). The van der Waals surface area contributed by atoms with Crippen molar-refractivity contribution in [1.82, 2.24) is 5.06 Å². The van der Waals surface area contributed by atoms with Gasteiger partial charge in [-0.05, 0) is 0 Å². The summed E-state index contributed by atoms with van der Waals surface area (Å²) in [6.45, 7) is 0.976. The van der Waals surface area contributed by atoms with E-state index in [2.05, 4.69) is 5.90 Å². The molecule has 0 bridgehead atoms. The number of aliphatic hydroxyl groups is 1. The Morgan fingerprint density at radius 3 is 2.73 bits per heavy atom. The molecular weight excluding hydrogens is 150 g/mol. The second kappa shape index (κ2) is 6.03. The van der Waals surface area contributed by atoms with Crippen molar-refractivity contribution in [2.45, 2.75) is 6.04 Å². The SMILES string of the molecule is N#CC1CN1OCCO.NO. The van der Waals surface area contributed by atoms with Crippen molar-refractivity contribution in [2.24, 2.45) is 5.90 Å². The number of hydrogen-bond acceptors (Lipinski definition) is 6. The van der Waals surface area contributed by atoms with E-state index in [4.69, 9.17) is 20.4 Å². The summed E-state index contributed by atoms with van der Waals surface area (Å²) < 4.78 is 0. The molecule has 11 heavy (non-hydrogen) atoms. The fourth-order valence-electron chi connectivity index (χ4n) is 0.529. The van der Waals surface area contributed by atoms with Crippen LogP contribution in [0, 0.1) is 11.3 Å². The van der Waals surface area contributed by atoms with E-state index in [9.17, 15) is 0 Å². The van der Waals surface area contributed by atoms with Crippen LogP contribution in [0.5, 0.6) is 0 Å². The largest absolute Gasteiger partial charge is 0.394 e. The number of nitrogens with zero attached hydrogens (tertiary/aromatic N) is 2. The molecule has 1 saturated heterocycles. The van der Waals surface area contributed by atoms with E-state index in [1.807, 2.05) is 6.07 Å². The number of hydroxylamine groups is 2. The smallest absolute Gasteiger partial charge is 0.137 e. The number of hydrogen-bond donors (Lipinski definition) is 3. The Morgan fingerprint density at radius 2 is 2.36 bits per heavy atom. The molecule has 1 aliphatic rings. The maximum absolute atomic E-state index is 8.27. The first-order chi connectivity index (χ1) is 5.38. The Labute approximate surface area is 64.3 Å². The minimum absolute atomic E-state index is 0.00858. The summed E-state index contributed by atoms with van der Waals surface area (Å²) in [5.41, 5.74) is 0. The predicted molar refractivity (Wildman–Crippen MR) is 35.1 cm³/mol. The van der Waals surface area contributed by atoms with Gasteiger partial charge in [-0.3, -0.25) is 4.84 Å². The number of rotatable bonds is 3. The van der Waals surface area contributed by atoms with Gasteiger partial charge in [-0.15, -0.1) is 0 Å². The van der Waals surface area contributed by atoms with E-state index in [0.29, 0.717) is 6.54 Å². The zero-order valence-electron chi connectivity index (χ0n) is 5.97. The van der Waals surface area contributed by atoms with E-state index in [0.717, 1.165) is 0 Å². The summed E-state index contributed by atoms with van der Waals surface area (Å²) in [5.74, 6) is 3.50. The molecule has 1 fully saturated rings. The summed E-state index contributed by atoms with van der Waals surface area (Å²) in [5, 5.41) is 24.5. The monoisotopic (exact) mass is 161 g/mol. The van der Waals surface area contributed by atoms with Crippen LogP contribution in [0.3, 0.4) is 0 Å². The molecule has 6 nitrogen and oxygen atoms in total. The minimum Gasteiger partial charge on any atom is -0.394 e. The van der Waals surface area contributed by atoms with Gasteiger partial charge in [-0.25, -0.2) is 5.90 Å².